The largest absolute Gasteiger partial charge is 0.356 e. The number of rotatable bonds is 2. The Morgan fingerprint density at radius 2 is 2.06 bits per heavy atom. The first-order valence-electron chi connectivity index (χ1n) is 6.04. The summed E-state index contributed by atoms with van der Waals surface area (Å²) in [6.45, 7) is 2.36. The van der Waals surface area contributed by atoms with Crippen LogP contribution in [0.25, 0.3) is 0 Å². The molecular formula is C13H19BrN2. The van der Waals surface area contributed by atoms with Crippen LogP contribution in [0.4, 0.5) is 5.82 Å². The minimum Gasteiger partial charge on any atom is -0.356 e. The van der Waals surface area contributed by atoms with Crippen molar-refractivity contribution in [3.63, 3.8) is 0 Å². The van der Waals surface area contributed by atoms with Crippen LogP contribution >= 0.6 is 15.9 Å². The zero-order chi connectivity index (χ0) is 11.5. The van der Waals surface area contributed by atoms with Gasteiger partial charge in [-0.3, -0.25) is 0 Å². The molecule has 2 nitrogen and oxygen atoms in total. The molecule has 0 spiro atoms. The van der Waals surface area contributed by atoms with Crippen LogP contribution in [0.3, 0.4) is 0 Å². The van der Waals surface area contributed by atoms with Crippen LogP contribution in [0.2, 0.25) is 0 Å². The third-order valence-corrected chi connectivity index (χ3v) is 4.07. The first-order chi connectivity index (χ1) is 7.68. The van der Waals surface area contributed by atoms with Gasteiger partial charge in [-0.05, 0) is 46.8 Å². The van der Waals surface area contributed by atoms with Crippen LogP contribution in [0.15, 0.2) is 22.8 Å². The van der Waals surface area contributed by atoms with Crippen LogP contribution in [0.1, 0.15) is 32.6 Å². The van der Waals surface area contributed by atoms with Crippen molar-refractivity contribution in [1.29, 1.82) is 0 Å². The molecule has 0 aromatic carbocycles. The van der Waals surface area contributed by atoms with Crippen molar-refractivity contribution in [2.45, 2.75) is 38.6 Å². The molecule has 0 aliphatic heterocycles. The Morgan fingerprint density at radius 1 is 1.31 bits per heavy atom. The Kier molecular flexibility index (Phi) is 3.85. The van der Waals surface area contributed by atoms with E-state index in [-0.39, 0.29) is 0 Å². The maximum absolute atomic E-state index is 4.53. The minimum absolute atomic E-state index is 0.649. The highest BCUT2D eigenvalue weighted by Gasteiger charge is 2.25. The van der Waals surface area contributed by atoms with Gasteiger partial charge >= 0.3 is 0 Å². The highest BCUT2D eigenvalue weighted by Crippen LogP contribution is 2.29. The number of nitrogens with zero attached hydrogens (tertiary/aromatic N) is 2. The fraction of sp³-hybridized carbons (Fsp3) is 0.615. The Bertz CT molecular complexity index is 354. The molecule has 1 aliphatic rings. The van der Waals surface area contributed by atoms with E-state index in [4.69, 9.17) is 0 Å². The van der Waals surface area contributed by atoms with E-state index in [0.717, 1.165) is 16.3 Å². The van der Waals surface area contributed by atoms with E-state index >= 15 is 0 Å². The van der Waals surface area contributed by atoms with Gasteiger partial charge in [-0.2, -0.15) is 0 Å². The van der Waals surface area contributed by atoms with E-state index in [2.05, 4.69) is 51.9 Å². The number of hydrogen-bond donors (Lipinski definition) is 0. The van der Waals surface area contributed by atoms with E-state index in [1.165, 1.54) is 25.7 Å². The van der Waals surface area contributed by atoms with Crippen LogP contribution < -0.4 is 4.90 Å². The second-order valence-corrected chi connectivity index (χ2v) is 5.57. The number of halogens is 1. The summed E-state index contributed by atoms with van der Waals surface area (Å²) in [6.07, 6.45) is 5.39. The quantitative estimate of drug-likeness (QED) is 0.766. The average molecular weight is 283 g/mol. The first kappa shape index (κ1) is 11.9. The maximum atomic E-state index is 4.53. The van der Waals surface area contributed by atoms with Crippen LogP contribution in [0.5, 0.6) is 0 Å². The number of aromatic nitrogens is 1. The van der Waals surface area contributed by atoms with Gasteiger partial charge in [-0.15, -0.1) is 0 Å². The molecule has 2 unspecified atom stereocenters. The van der Waals surface area contributed by atoms with Gasteiger partial charge in [0.05, 0.1) is 0 Å². The van der Waals surface area contributed by atoms with E-state index in [1.807, 2.05) is 6.07 Å². The van der Waals surface area contributed by atoms with Crippen molar-refractivity contribution >= 4 is 21.7 Å². The van der Waals surface area contributed by atoms with Gasteiger partial charge in [0.15, 0.2) is 0 Å². The van der Waals surface area contributed by atoms with Crippen molar-refractivity contribution in [1.82, 2.24) is 4.98 Å². The smallest absolute Gasteiger partial charge is 0.129 e. The highest BCUT2D eigenvalue weighted by molar-refractivity contribution is 9.10. The Hall–Kier alpha value is -0.570. The summed E-state index contributed by atoms with van der Waals surface area (Å²) in [4.78, 5) is 6.87. The summed E-state index contributed by atoms with van der Waals surface area (Å²) in [5, 5.41) is 0. The van der Waals surface area contributed by atoms with Gasteiger partial charge in [0.25, 0.3) is 0 Å². The lowest BCUT2D eigenvalue weighted by Crippen LogP contribution is -2.39. The van der Waals surface area contributed by atoms with E-state index in [1.54, 1.807) is 0 Å². The standard InChI is InChI=1S/C13H19BrN2/c1-10-6-3-4-7-11(10)16(2)13-9-5-8-12(14)15-13/h5,8-11H,3-4,6-7H2,1-2H3. The Morgan fingerprint density at radius 3 is 2.75 bits per heavy atom. The molecule has 3 heteroatoms. The summed E-state index contributed by atoms with van der Waals surface area (Å²) in [6, 6.07) is 6.76. The summed E-state index contributed by atoms with van der Waals surface area (Å²) in [5.74, 6) is 1.85. The molecule has 0 bridgehead atoms. The van der Waals surface area contributed by atoms with Crippen molar-refractivity contribution in [2.75, 3.05) is 11.9 Å². The van der Waals surface area contributed by atoms with E-state index in [0.29, 0.717) is 6.04 Å². The normalized spacial score (nSPS) is 25.4. The average Bonchev–Trinajstić information content (AvgIpc) is 2.29. The molecule has 1 heterocycles. The molecule has 1 aromatic heterocycles. The van der Waals surface area contributed by atoms with Gasteiger partial charge in [0.1, 0.15) is 10.4 Å². The van der Waals surface area contributed by atoms with Crippen molar-refractivity contribution in [2.24, 2.45) is 5.92 Å². The zero-order valence-electron chi connectivity index (χ0n) is 9.99. The molecule has 88 valence electrons. The Balaban J connectivity index is 2.14. The molecule has 2 atom stereocenters. The predicted molar refractivity (Wildman–Crippen MR) is 71.8 cm³/mol. The minimum atomic E-state index is 0.649. The Labute approximate surface area is 106 Å². The molecule has 0 amide bonds. The molecule has 1 aromatic rings. The van der Waals surface area contributed by atoms with Gasteiger partial charge in [0, 0.05) is 13.1 Å². The summed E-state index contributed by atoms with van der Waals surface area (Å²) < 4.78 is 0.917. The number of anilines is 1. The monoisotopic (exact) mass is 282 g/mol. The summed E-state index contributed by atoms with van der Waals surface area (Å²) in [7, 11) is 2.17. The number of hydrogen-bond acceptors (Lipinski definition) is 2. The van der Waals surface area contributed by atoms with Crippen molar-refractivity contribution < 1.29 is 0 Å². The molecule has 1 saturated carbocycles. The SMILES string of the molecule is CC1CCCCC1N(C)c1cccc(Br)n1. The lowest BCUT2D eigenvalue weighted by Gasteiger charge is -2.37. The zero-order valence-corrected chi connectivity index (χ0v) is 11.6. The van der Waals surface area contributed by atoms with Crippen molar-refractivity contribution in [3.8, 4) is 0 Å². The predicted octanol–water partition coefficient (Wildman–Crippen LogP) is 3.86. The fourth-order valence-corrected chi connectivity index (χ4v) is 2.97. The third-order valence-electron chi connectivity index (χ3n) is 3.63. The second-order valence-electron chi connectivity index (χ2n) is 4.76. The van der Waals surface area contributed by atoms with Gasteiger partial charge in [0.2, 0.25) is 0 Å². The van der Waals surface area contributed by atoms with Gasteiger partial charge in [-0.1, -0.05) is 25.8 Å². The molecule has 0 radical (unpaired) electrons. The molecule has 1 fully saturated rings. The second kappa shape index (κ2) is 5.17. The lowest BCUT2D eigenvalue weighted by molar-refractivity contribution is 0.320. The van der Waals surface area contributed by atoms with Crippen molar-refractivity contribution in [3.05, 3.63) is 22.8 Å². The highest BCUT2D eigenvalue weighted by atomic mass is 79.9. The fourth-order valence-electron chi connectivity index (χ4n) is 2.64. The molecule has 1 aliphatic carbocycles. The molecule has 0 saturated heterocycles. The first-order valence-corrected chi connectivity index (χ1v) is 6.83. The molecule has 2 rings (SSSR count). The molecule has 0 N–H and O–H groups in total. The summed E-state index contributed by atoms with van der Waals surface area (Å²) >= 11 is 3.43. The van der Waals surface area contributed by atoms with E-state index in [9.17, 15) is 0 Å². The maximum Gasteiger partial charge on any atom is 0.129 e. The van der Waals surface area contributed by atoms with E-state index < -0.39 is 0 Å². The van der Waals surface area contributed by atoms with Crippen LogP contribution in [0, 0.1) is 5.92 Å². The van der Waals surface area contributed by atoms with Gasteiger partial charge < -0.3 is 4.90 Å². The lowest BCUT2D eigenvalue weighted by atomic mass is 9.85. The van der Waals surface area contributed by atoms with Crippen LogP contribution in [-0.4, -0.2) is 18.1 Å². The topological polar surface area (TPSA) is 16.1 Å². The third kappa shape index (κ3) is 2.57. The van der Waals surface area contributed by atoms with Crippen LogP contribution in [-0.2, 0) is 0 Å². The number of pyridine rings is 1. The molecular weight excluding hydrogens is 264 g/mol. The van der Waals surface area contributed by atoms with Gasteiger partial charge in [-0.25, -0.2) is 4.98 Å². The summed E-state index contributed by atoms with van der Waals surface area (Å²) in [5.41, 5.74) is 0. The molecule has 16 heavy (non-hydrogen) atoms.